The van der Waals surface area contributed by atoms with Gasteiger partial charge in [-0.1, -0.05) is 11.3 Å². The molecular formula is C5H7N3O2S. The second-order valence-corrected chi connectivity index (χ2v) is 2.94. The predicted molar refractivity (Wildman–Crippen MR) is 40.5 cm³/mol. The van der Waals surface area contributed by atoms with E-state index < -0.39 is 5.91 Å². The summed E-state index contributed by atoms with van der Waals surface area (Å²) in [6, 6.07) is 0. The van der Waals surface area contributed by atoms with Crippen molar-refractivity contribution in [1.29, 1.82) is 0 Å². The van der Waals surface area contributed by atoms with Crippen molar-refractivity contribution in [2.24, 2.45) is 0 Å². The minimum atomic E-state index is -0.572. The van der Waals surface area contributed by atoms with Gasteiger partial charge in [0.1, 0.15) is 4.88 Å². The number of aryl methyl sites for hydroxylation is 1. The topological polar surface area (TPSA) is 88.2 Å². The average Bonchev–Trinajstić information content (AvgIpc) is 2.28. The SMILES string of the molecule is Cc1nc(N)sc1C(=O)NO. The molecule has 0 aliphatic heterocycles. The zero-order valence-corrected chi connectivity index (χ0v) is 6.60. The number of nitrogens with one attached hydrogen (secondary N) is 1. The highest BCUT2D eigenvalue weighted by molar-refractivity contribution is 7.17. The number of amides is 1. The fourth-order valence-electron chi connectivity index (χ4n) is 0.679. The fourth-order valence-corrected chi connectivity index (χ4v) is 1.40. The minimum absolute atomic E-state index is 0.320. The number of anilines is 1. The molecule has 0 saturated heterocycles. The summed E-state index contributed by atoms with van der Waals surface area (Å²) in [5.41, 5.74) is 7.36. The van der Waals surface area contributed by atoms with Crippen molar-refractivity contribution >= 4 is 22.4 Å². The number of hydrogen-bond donors (Lipinski definition) is 3. The van der Waals surface area contributed by atoms with Gasteiger partial charge in [-0.15, -0.1) is 0 Å². The van der Waals surface area contributed by atoms with Crippen LogP contribution >= 0.6 is 11.3 Å². The Labute approximate surface area is 66.8 Å². The molecule has 1 rings (SSSR count). The molecule has 4 N–H and O–H groups in total. The molecule has 1 amide bonds. The number of nitrogens with two attached hydrogens (primary N) is 1. The van der Waals surface area contributed by atoms with Crippen molar-refractivity contribution in [1.82, 2.24) is 10.5 Å². The third-order valence-electron chi connectivity index (χ3n) is 1.12. The number of hydrogen-bond acceptors (Lipinski definition) is 5. The Morgan fingerprint density at radius 1 is 1.82 bits per heavy atom. The third kappa shape index (κ3) is 1.47. The van der Waals surface area contributed by atoms with Crippen LogP contribution in [0.4, 0.5) is 5.13 Å². The largest absolute Gasteiger partial charge is 0.375 e. The van der Waals surface area contributed by atoms with Gasteiger partial charge < -0.3 is 5.73 Å². The van der Waals surface area contributed by atoms with Gasteiger partial charge in [0, 0.05) is 0 Å². The lowest BCUT2D eigenvalue weighted by Gasteiger charge is -1.92. The zero-order chi connectivity index (χ0) is 8.43. The molecule has 6 heteroatoms. The second kappa shape index (κ2) is 2.85. The Morgan fingerprint density at radius 3 is 2.82 bits per heavy atom. The molecule has 60 valence electrons. The maximum Gasteiger partial charge on any atom is 0.286 e. The normalized spacial score (nSPS) is 9.64. The number of nitrogen functional groups attached to an aromatic ring is 1. The van der Waals surface area contributed by atoms with Crippen LogP contribution in [-0.4, -0.2) is 16.1 Å². The van der Waals surface area contributed by atoms with Crippen LogP contribution in [0.5, 0.6) is 0 Å². The first-order valence-corrected chi connectivity index (χ1v) is 3.64. The monoisotopic (exact) mass is 173 g/mol. The van der Waals surface area contributed by atoms with E-state index in [1.807, 2.05) is 0 Å². The van der Waals surface area contributed by atoms with E-state index in [1.165, 1.54) is 5.48 Å². The van der Waals surface area contributed by atoms with Crippen LogP contribution in [0.3, 0.4) is 0 Å². The quantitative estimate of drug-likeness (QED) is 0.416. The molecule has 0 aliphatic carbocycles. The minimum Gasteiger partial charge on any atom is -0.375 e. The Kier molecular flexibility index (Phi) is 2.06. The summed E-state index contributed by atoms with van der Waals surface area (Å²) >= 11 is 1.04. The lowest BCUT2D eigenvalue weighted by molar-refractivity contribution is 0.0710. The van der Waals surface area contributed by atoms with Crippen LogP contribution in [0.2, 0.25) is 0 Å². The number of carbonyl (C=O) groups is 1. The lowest BCUT2D eigenvalue weighted by atomic mass is 10.4. The molecule has 0 radical (unpaired) electrons. The Bertz CT molecular complexity index is 283. The number of carbonyl (C=O) groups excluding carboxylic acids is 1. The van der Waals surface area contributed by atoms with Crippen molar-refractivity contribution in [3.05, 3.63) is 10.6 Å². The molecule has 0 bridgehead atoms. The first-order chi connectivity index (χ1) is 5.15. The van der Waals surface area contributed by atoms with Crippen molar-refractivity contribution < 1.29 is 10.0 Å². The van der Waals surface area contributed by atoms with E-state index >= 15 is 0 Å². The van der Waals surface area contributed by atoms with E-state index in [0.29, 0.717) is 15.7 Å². The summed E-state index contributed by atoms with van der Waals surface area (Å²) in [7, 11) is 0. The average molecular weight is 173 g/mol. The van der Waals surface area contributed by atoms with Gasteiger partial charge in [-0.05, 0) is 6.92 Å². The number of rotatable bonds is 1. The summed E-state index contributed by atoms with van der Waals surface area (Å²) < 4.78 is 0. The molecule has 0 unspecified atom stereocenters. The summed E-state index contributed by atoms with van der Waals surface area (Å²) in [6.45, 7) is 1.65. The van der Waals surface area contributed by atoms with Gasteiger partial charge in [-0.3, -0.25) is 10.0 Å². The first kappa shape index (κ1) is 7.96. The summed E-state index contributed by atoms with van der Waals surface area (Å²) in [4.78, 5) is 14.9. The highest BCUT2D eigenvalue weighted by Crippen LogP contribution is 2.18. The molecule has 1 aromatic rings. The molecule has 1 aromatic heterocycles. The van der Waals surface area contributed by atoms with E-state index in [1.54, 1.807) is 6.92 Å². The van der Waals surface area contributed by atoms with Crippen molar-refractivity contribution in [3.63, 3.8) is 0 Å². The number of thiazole rings is 1. The number of hydroxylamine groups is 1. The fraction of sp³-hybridized carbons (Fsp3) is 0.200. The van der Waals surface area contributed by atoms with E-state index in [-0.39, 0.29) is 0 Å². The van der Waals surface area contributed by atoms with Crippen LogP contribution in [0, 0.1) is 6.92 Å². The zero-order valence-electron chi connectivity index (χ0n) is 5.79. The third-order valence-corrected chi connectivity index (χ3v) is 2.11. The summed E-state index contributed by atoms with van der Waals surface area (Å²) in [5.74, 6) is -0.572. The molecule has 0 aliphatic rings. The van der Waals surface area contributed by atoms with E-state index in [0.717, 1.165) is 11.3 Å². The molecule has 1 heterocycles. The van der Waals surface area contributed by atoms with Crippen molar-refractivity contribution in [3.8, 4) is 0 Å². The highest BCUT2D eigenvalue weighted by Gasteiger charge is 2.12. The van der Waals surface area contributed by atoms with Gasteiger partial charge in [-0.25, -0.2) is 10.5 Å². The maximum atomic E-state index is 10.8. The number of nitrogens with zero attached hydrogens (tertiary/aromatic N) is 1. The van der Waals surface area contributed by atoms with E-state index in [9.17, 15) is 4.79 Å². The van der Waals surface area contributed by atoms with Crippen molar-refractivity contribution in [2.45, 2.75) is 6.92 Å². The predicted octanol–water partition coefficient (Wildman–Crippen LogP) is 0.153. The van der Waals surface area contributed by atoms with E-state index in [4.69, 9.17) is 10.9 Å². The van der Waals surface area contributed by atoms with E-state index in [2.05, 4.69) is 4.98 Å². The van der Waals surface area contributed by atoms with Crippen LogP contribution in [-0.2, 0) is 0 Å². The van der Waals surface area contributed by atoms with Crippen LogP contribution in [0.15, 0.2) is 0 Å². The highest BCUT2D eigenvalue weighted by atomic mass is 32.1. The van der Waals surface area contributed by atoms with Gasteiger partial charge in [0.25, 0.3) is 5.91 Å². The Morgan fingerprint density at radius 2 is 2.45 bits per heavy atom. The van der Waals surface area contributed by atoms with Gasteiger partial charge in [0.15, 0.2) is 5.13 Å². The number of aromatic nitrogens is 1. The van der Waals surface area contributed by atoms with Crippen LogP contribution < -0.4 is 11.2 Å². The summed E-state index contributed by atoms with van der Waals surface area (Å²) in [6.07, 6.45) is 0. The van der Waals surface area contributed by atoms with Gasteiger partial charge in [0.05, 0.1) is 5.69 Å². The maximum absolute atomic E-state index is 10.8. The standard InChI is InChI=1S/C5H7N3O2S/c1-2-3(4(9)8-10)11-5(6)7-2/h10H,1H3,(H2,6,7)(H,8,9). The molecule has 0 aromatic carbocycles. The van der Waals surface area contributed by atoms with Crippen molar-refractivity contribution in [2.75, 3.05) is 5.73 Å². The summed E-state index contributed by atoms with van der Waals surface area (Å²) in [5, 5.41) is 8.58. The molecule has 5 nitrogen and oxygen atoms in total. The Balaban J connectivity index is 3.03. The molecule has 0 fully saturated rings. The Hall–Kier alpha value is -1.14. The van der Waals surface area contributed by atoms with Gasteiger partial charge in [-0.2, -0.15) is 0 Å². The molecule has 0 saturated carbocycles. The van der Waals surface area contributed by atoms with Gasteiger partial charge in [0.2, 0.25) is 0 Å². The molecule has 0 spiro atoms. The first-order valence-electron chi connectivity index (χ1n) is 2.82. The van der Waals surface area contributed by atoms with Gasteiger partial charge >= 0.3 is 0 Å². The van der Waals surface area contributed by atoms with Crippen LogP contribution in [0.1, 0.15) is 15.4 Å². The second-order valence-electron chi connectivity index (χ2n) is 1.91. The molecule has 0 atom stereocenters. The smallest absolute Gasteiger partial charge is 0.286 e. The molecule has 11 heavy (non-hydrogen) atoms. The van der Waals surface area contributed by atoms with Crippen LogP contribution in [0.25, 0.3) is 0 Å². The lowest BCUT2D eigenvalue weighted by Crippen LogP contribution is -2.18. The molecular weight excluding hydrogens is 166 g/mol.